The van der Waals surface area contributed by atoms with Gasteiger partial charge in [0.25, 0.3) is 0 Å². The molecule has 0 heterocycles. The molecule has 0 aliphatic heterocycles. The number of amides is 1. The summed E-state index contributed by atoms with van der Waals surface area (Å²) in [5.74, 6) is 0.227. The quantitative estimate of drug-likeness (QED) is 0.709. The van der Waals surface area contributed by atoms with Gasteiger partial charge in [0.15, 0.2) is 0 Å². The lowest BCUT2D eigenvalue weighted by molar-refractivity contribution is 0.0472. The van der Waals surface area contributed by atoms with Gasteiger partial charge in [0.1, 0.15) is 15.4 Å². The number of carbonyl (C=O) groups is 1. The Kier molecular flexibility index (Phi) is 7.67. The van der Waals surface area contributed by atoms with Gasteiger partial charge in [0.2, 0.25) is 0 Å². The highest BCUT2D eigenvalue weighted by atomic mass is 32.2. The van der Waals surface area contributed by atoms with Crippen molar-refractivity contribution in [3.63, 3.8) is 0 Å². The molecule has 1 amide bonds. The average molecular weight is 323 g/mol. The molecule has 0 aliphatic rings. The van der Waals surface area contributed by atoms with Crippen LogP contribution < -0.4 is 5.32 Å². The summed E-state index contributed by atoms with van der Waals surface area (Å²) >= 11 is 0. The van der Waals surface area contributed by atoms with Gasteiger partial charge >= 0.3 is 6.09 Å². The lowest BCUT2D eigenvalue weighted by Gasteiger charge is -2.28. The maximum atomic E-state index is 11.6. The maximum absolute atomic E-state index is 11.6. The largest absolute Gasteiger partial charge is 0.444 e. The molecule has 7 heteroatoms. The average Bonchev–Trinajstić information content (AvgIpc) is 2.34. The molecular formula is C14H29NO5S. The molecule has 0 saturated heterocycles. The second kappa shape index (κ2) is 7.98. The number of rotatable bonds is 8. The topological polar surface area (TPSA) is 92.7 Å². The van der Waals surface area contributed by atoms with Crippen molar-refractivity contribution in [3.05, 3.63) is 0 Å². The van der Waals surface area contributed by atoms with Crippen LogP contribution in [0.4, 0.5) is 4.79 Å². The van der Waals surface area contributed by atoms with Crippen LogP contribution in [0.5, 0.6) is 0 Å². The predicted molar refractivity (Wildman–Crippen MR) is 83.0 cm³/mol. The second-order valence-corrected chi connectivity index (χ2v) is 9.14. The zero-order valence-electron chi connectivity index (χ0n) is 13.7. The van der Waals surface area contributed by atoms with Crippen molar-refractivity contribution in [2.24, 2.45) is 5.41 Å². The van der Waals surface area contributed by atoms with Crippen LogP contribution in [0.3, 0.4) is 0 Å². The Balaban J connectivity index is 4.32. The van der Waals surface area contributed by atoms with Crippen LogP contribution in [-0.2, 0) is 14.6 Å². The molecule has 6 nitrogen and oxygen atoms in total. The van der Waals surface area contributed by atoms with Crippen LogP contribution in [0.2, 0.25) is 0 Å². The van der Waals surface area contributed by atoms with E-state index in [1.54, 1.807) is 27.7 Å². The summed E-state index contributed by atoms with van der Waals surface area (Å²) in [6.07, 6.45) is 0.435. The fourth-order valence-electron chi connectivity index (χ4n) is 1.69. The highest BCUT2D eigenvalue weighted by Gasteiger charge is 2.26. The van der Waals surface area contributed by atoms with E-state index in [1.165, 1.54) is 0 Å². The van der Waals surface area contributed by atoms with Crippen molar-refractivity contribution in [3.8, 4) is 0 Å². The zero-order valence-corrected chi connectivity index (χ0v) is 14.5. The number of hydrogen-bond donors (Lipinski definition) is 2. The Hall–Kier alpha value is -0.820. The van der Waals surface area contributed by atoms with E-state index in [2.05, 4.69) is 5.32 Å². The Bertz CT molecular complexity index is 427. The molecule has 0 radical (unpaired) electrons. The minimum Gasteiger partial charge on any atom is -0.444 e. The number of carbonyl (C=O) groups excluding carboxylic acids is 1. The van der Waals surface area contributed by atoms with Gasteiger partial charge in [0.05, 0.1) is 12.4 Å². The van der Waals surface area contributed by atoms with Crippen molar-refractivity contribution in [1.82, 2.24) is 5.32 Å². The minimum absolute atomic E-state index is 0.103. The summed E-state index contributed by atoms with van der Waals surface area (Å²) in [5.41, 5.74) is -1.13. The highest BCUT2D eigenvalue weighted by Crippen LogP contribution is 2.22. The predicted octanol–water partition coefficient (Wildman–Crippen LogP) is 1.72. The molecule has 0 aromatic rings. The smallest absolute Gasteiger partial charge is 0.407 e. The number of aliphatic hydroxyl groups excluding tert-OH is 1. The molecule has 0 rings (SSSR count). The molecule has 2 N–H and O–H groups in total. The fraction of sp³-hybridized carbons (Fsp3) is 0.929. The first kappa shape index (κ1) is 20.2. The van der Waals surface area contributed by atoms with Crippen molar-refractivity contribution in [2.45, 2.75) is 53.1 Å². The molecule has 0 fully saturated rings. The molecule has 0 aromatic carbocycles. The van der Waals surface area contributed by atoms with Gasteiger partial charge in [0, 0.05) is 17.7 Å². The number of alkyl carbamates (subject to hydrolysis) is 1. The third-order valence-electron chi connectivity index (χ3n) is 3.12. The monoisotopic (exact) mass is 323 g/mol. The van der Waals surface area contributed by atoms with Crippen LogP contribution in [0.15, 0.2) is 0 Å². The van der Waals surface area contributed by atoms with E-state index in [1.807, 2.05) is 6.92 Å². The Morgan fingerprint density at radius 3 is 2.24 bits per heavy atom. The van der Waals surface area contributed by atoms with Crippen molar-refractivity contribution in [1.29, 1.82) is 0 Å². The second-order valence-electron chi connectivity index (χ2n) is 6.66. The summed E-state index contributed by atoms with van der Waals surface area (Å²) in [4.78, 5) is 11.6. The van der Waals surface area contributed by atoms with Gasteiger partial charge in [-0.1, -0.05) is 13.8 Å². The standard InChI is InChI=1S/C14H29NO5S/c1-6-21(18,19)9-7-8-14(5,11-16)10-15-12(17)20-13(2,3)4/h16H,6-11H2,1-5H3,(H,15,17). The number of nitrogens with one attached hydrogen (secondary N) is 1. The molecule has 0 aromatic heterocycles. The third kappa shape index (κ3) is 9.68. The van der Waals surface area contributed by atoms with E-state index < -0.39 is 26.9 Å². The molecule has 1 atom stereocenters. The number of hydrogen-bond acceptors (Lipinski definition) is 5. The van der Waals surface area contributed by atoms with E-state index >= 15 is 0 Å². The fourth-order valence-corrected chi connectivity index (χ4v) is 2.56. The molecule has 0 saturated carbocycles. The van der Waals surface area contributed by atoms with E-state index in [4.69, 9.17) is 4.74 Å². The van der Waals surface area contributed by atoms with E-state index in [0.29, 0.717) is 12.8 Å². The van der Waals surface area contributed by atoms with Crippen LogP contribution in [-0.4, -0.2) is 49.9 Å². The van der Waals surface area contributed by atoms with Gasteiger partial charge in [-0.2, -0.15) is 0 Å². The number of sulfone groups is 1. The Labute approximate surface area is 128 Å². The Morgan fingerprint density at radius 2 is 1.81 bits per heavy atom. The van der Waals surface area contributed by atoms with E-state index in [-0.39, 0.29) is 24.7 Å². The van der Waals surface area contributed by atoms with Gasteiger partial charge in [-0.05, 0) is 33.6 Å². The summed E-state index contributed by atoms with van der Waals surface area (Å²) in [6, 6.07) is 0. The van der Waals surface area contributed by atoms with Gasteiger partial charge < -0.3 is 15.2 Å². The maximum Gasteiger partial charge on any atom is 0.407 e. The molecule has 0 spiro atoms. The lowest BCUT2D eigenvalue weighted by atomic mass is 9.86. The lowest BCUT2D eigenvalue weighted by Crippen LogP contribution is -2.41. The number of aliphatic hydroxyl groups is 1. The van der Waals surface area contributed by atoms with E-state index in [9.17, 15) is 18.3 Å². The number of ether oxygens (including phenoxy) is 1. The SMILES string of the molecule is CCS(=O)(=O)CCCC(C)(CO)CNC(=O)OC(C)(C)C. The van der Waals surface area contributed by atoms with Gasteiger partial charge in [-0.25, -0.2) is 13.2 Å². The zero-order chi connectivity index (χ0) is 16.7. The first-order valence-electron chi connectivity index (χ1n) is 7.21. The minimum atomic E-state index is -3.00. The molecule has 126 valence electrons. The van der Waals surface area contributed by atoms with Crippen LogP contribution >= 0.6 is 0 Å². The van der Waals surface area contributed by atoms with E-state index in [0.717, 1.165) is 0 Å². The normalized spacial score (nSPS) is 15.3. The summed E-state index contributed by atoms with van der Waals surface area (Å²) in [5, 5.41) is 12.1. The molecular weight excluding hydrogens is 294 g/mol. The molecule has 0 aliphatic carbocycles. The summed E-state index contributed by atoms with van der Waals surface area (Å²) < 4.78 is 28.0. The van der Waals surface area contributed by atoms with Crippen LogP contribution in [0.1, 0.15) is 47.5 Å². The van der Waals surface area contributed by atoms with Crippen LogP contribution in [0.25, 0.3) is 0 Å². The van der Waals surface area contributed by atoms with Crippen molar-refractivity contribution in [2.75, 3.05) is 24.7 Å². The third-order valence-corrected chi connectivity index (χ3v) is 4.91. The van der Waals surface area contributed by atoms with Crippen molar-refractivity contribution >= 4 is 15.9 Å². The summed E-state index contributed by atoms with van der Waals surface area (Å²) in [7, 11) is -3.00. The first-order valence-corrected chi connectivity index (χ1v) is 9.03. The molecule has 21 heavy (non-hydrogen) atoms. The molecule has 1 unspecified atom stereocenters. The first-order chi connectivity index (χ1) is 9.43. The summed E-state index contributed by atoms with van der Waals surface area (Å²) in [6.45, 7) is 8.85. The Morgan fingerprint density at radius 1 is 1.24 bits per heavy atom. The van der Waals surface area contributed by atoms with Gasteiger partial charge in [-0.15, -0.1) is 0 Å². The molecule has 0 bridgehead atoms. The van der Waals surface area contributed by atoms with Gasteiger partial charge in [-0.3, -0.25) is 0 Å². The van der Waals surface area contributed by atoms with Crippen molar-refractivity contribution < 1.29 is 23.1 Å². The van der Waals surface area contributed by atoms with Crippen LogP contribution in [0, 0.1) is 5.41 Å². The highest BCUT2D eigenvalue weighted by molar-refractivity contribution is 7.91.